The Hall–Kier alpha value is -1.11. The van der Waals surface area contributed by atoms with E-state index < -0.39 is 0 Å². The number of hydrogen-bond acceptors (Lipinski definition) is 9. The normalized spacial score (nSPS) is 19.2. The molecular weight excluding hydrogens is 543 g/mol. The average molecular weight is 568 g/mol. The lowest BCUT2D eigenvalue weighted by atomic mass is 10.3. The second kappa shape index (κ2) is 10.9. The third-order valence-electron chi connectivity index (χ3n) is 5.51. The first-order valence-electron chi connectivity index (χ1n) is 10.8. The van der Waals surface area contributed by atoms with Gasteiger partial charge < -0.3 is 4.90 Å². The van der Waals surface area contributed by atoms with Crippen molar-refractivity contribution >= 4 is 97.5 Å². The number of thiazole rings is 1. The van der Waals surface area contributed by atoms with Crippen molar-refractivity contribution in [1.29, 1.82) is 0 Å². The van der Waals surface area contributed by atoms with E-state index in [1.807, 2.05) is 26.0 Å². The van der Waals surface area contributed by atoms with Crippen molar-refractivity contribution in [3.8, 4) is 0 Å². The Kier molecular flexibility index (Phi) is 8.31. The lowest BCUT2D eigenvalue weighted by Crippen LogP contribution is -2.33. The number of thiocarbonyl (C=S) groups is 1. The van der Waals surface area contributed by atoms with Gasteiger partial charge in [0.05, 0.1) is 15.2 Å². The summed E-state index contributed by atoms with van der Waals surface area (Å²) in [5.74, 6) is -0.112. The summed E-state index contributed by atoms with van der Waals surface area (Å²) >= 11 is 13.3. The third kappa shape index (κ3) is 4.55. The molecule has 1 aromatic heterocycles. The minimum Gasteiger partial charge on any atom is -0.335 e. The summed E-state index contributed by atoms with van der Waals surface area (Å²) in [6, 6.07) is 4.52. The molecule has 0 saturated carbocycles. The Morgan fingerprint density at radius 1 is 0.941 bits per heavy atom. The van der Waals surface area contributed by atoms with Gasteiger partial charge in [0.1, 0.15) is 13.9 Å². The van der Waals surface area contributed by atoms with Gasteiger partial charge in [0.15, 0.2) is 0 Å². The topological polar surface area (TPSA) is 45.6 Å². The molecule has 3 heterocycles. The zero-order valence-corrected chi connectivity index (χ0v) is 24.4. The minimum absolute atomic E-state index is 0.0704. The van der Waals surface area contributed by atoms with Crippen molar-refractivity contribution in [2.75, 3.05) is 30.5 Å². The van der Waals surface area contributed by atoms with Crippen LogP contribution in [0, 0.1) is 0 Å². The van der Waals surface area contributed by atoms with Gasteiger partial charge >= 0.3 is 0 Å². The van der Waals surface area contributed by atoms with E-state index in [0.29, 0.717) is 31.5 Å². The summed E-state index contributed by atoms with van der Waals surface area (Å²) in [5, 5.41) is 1.09. The molecule has 1 fully saturated rings. The largest absolute Gasteiger partial charge is 0.335 e. The first-order valence-corrected chi connectivity index (χ1v) is 16.1. The maximum atomic E-state index is 13.2. The number of carbonyl (C=O) groups excluding carboxylic acids is 1. The van der Waals surface area contributed by atoms with Gasteiger partial charge in [0, 0.05) is 34.3 Å². The smallest absolute Gasteiger partial charge is 0.269 e. The Morgan fingerprint density at radius 2 is 1.62 bits per heavy atom. The molecule has 2 aliphatic rings. The number of amides is 1. The van der Waals surface area contributed by atoms with E-state index in [-0.39, 0.29) is 11.5 Å². The summed E-state index contributed by atoms with van der Waals surface area (Å²) in [5.41, 5.74) is 1.14. The van der Waals surface area contributed by atoms with E-state index in [1.165, 1.54) is 43.5 Å². The van der Waals surface area contributed by atoms with Crippen molar-refractivity contribution in [2.24, 2.45) is 0 Å². The van der Waals surface area contributed by atoms with Gasteiger partial charge in [0.2, 0.25) is 0 Å². The quantitative estimate of drug-likeness (QED) is 0.370. The monoisotopic (exact) mass is 567 g/mol. The van der Waals surface area contributed by atoms with E-state index >= 15 is 0 Å². The van der Waals surface area contributed by atoms with Crippen LogP contribution in [0.2, 0.25) is 0 Å². The van der Waals surface area contributed by atoms with Crippen molar-refractivity contribution in [1.82, 2.24) is 9.47 Å². The molecule has 1 aromatic carbocycles. The molecule has 11 heteroatoms. The molecule has 1 saturated heterocycles. The van der Waals surface area contributed by atoms with Gasteiger partial charge in [-0.1, -0.05) is 35.7 Å². The standard InChI is InChI=1S/C23H25N3O2S6/c1-6-24-13-11-16(30-4)17(31-5)12-15(13)32-18(24)10-9-14-20(27)25(7-2)22(33-14)19-21(28)26(8-3)23(29)34-19/h9-12H,6-8H2,1-5H3/b14-9-,18-10+,22-19-. The number of carbonyl (C=O) groups is 1. The molecule has 2 aliphatic heterocycles. The number of allylic oxidation sites excluding steroid dienone is 1. The van der Waals surface area contributed by atoms with E-state index in [0.717, 1.165) is 11.6 Å². The molecule has 0 spiro atoms. The van der Waals surface area contributed by atoms with E-state index in [1.54, 1.807) is 44.8 Å². The highest BCUT2D eigenvalue weighted by atomic mass is 32.2. The van der Waals surface area contributed by atoms with Crippen LogP contribution in [-0.4, -0.2) is 45.3 Å². The van der Waals surface area contributed by atoms with Crippen LogP contribution in [-0.2, 0) is 11.3 Å². The number of thioether (sulfide) groups is 4. The SMILES string of the molecule is CCN1C(=O)/C(=c2/s/c(=C\C=C3\Sc4cc(SC)c(SC)cc4N3CC)c(=O)n2CC)SC1=S. The zero-order valence-electron chi connectivity index (χ0n) is 19.5. The van der Waals surface area contributed by atoms with Gasteiger partial charge in [0.25, 0.3) is 11.5 Å². The number of aromatic nitrogens is 1. The van der Waals surface area contributed by atoms with Crippen molar-refractivity contribution in [3.05, 3.63) is 42.8 Å². The molecule has 0 radical (unpaired) electrons. The minimum atomic E-state index is -0.112. The molecule has 4 rings (SSSR count). The molecule has 0 atom stereocenters. The molecule has 2 aromatic rings. The zero-order chi connectivity index (χ0) is 24.6. The highest BCUT2D eigenvalue weighted by molar-refractivity contribution is 8.30. The molecule has 1 amide bonds. The maximum absolute atomic E-state index is 13.2. The maximum Gasteiger partial charge on any atom is 0.269 e. The molecule has 180 valence electrons. The Balaban J connectivity index is 1.79. The third-order valence-corrected chi connectivity index (χ3v) is 11.0. The molecule has 0 aliphatic carbocycles. The van der Waals surface area contributed by atoms with E-state index in [4.69, 9.17) is 12.2 Å². The van der Waals surface area contributed by atoms with Gasteiger partial charge in [-0.2, -0.15) is 0 Å². The molecule has 34 heavy (non-hydrogen) atoms. The number of fused-ring (bicyclic) bond motifs is 1. The van der Waals surface area contributed by atoms with Gasteiger partial charge in [-0.25, -0.2) is 0 Å². The lowest BCUT2D eigenvalue weighted by molar-refractivity contribution is -0.120. The number of benzene rings is 1. The first kappa shape index (κ1) is 26.0. The van der Waals surface area contributed by atoms with Gasteiger partial charge in [-0.3, -0.25) is 19.1 Å². The highest BCUT2D eigenvalue weighted by Crippen LogP contribution is 2.49. The van der Waals surface area contributed by atoms with Crippen molar-refractivity contribution in [2.45, 2.75) is 42.0 Å². The van der Waals surface area contributed by atoms with Gasteiger partial charge in [-0.15, -0.1) is 34.9 Å². The first-order chi connectivity index (χ1) is 16.4. The van der Waals surface area contributed by atoms with Crippen LogP contribution in [0.5, 0.6) is 0 Å². The predicted molar refractivity (Wildman–Crippen MR) is 156 cm³/mol. The van der Waals surface area contributed by atoms with Crippen molar-refractivity contribution < 1.29 is 4.79 Å². The van der Waals surface area contributed by atoms with E-state index in [9.17, 15) is 9.59 Å². The summed E-state index contributed by atoms with van der Waals surface area (Å²) in [6.45, 7) is 7.84. The Morgan fingerprint density at radius 3 is 2.21 bits per heavy atom. The van der Waals surface area contributed by atoms with Crippen LogP contribution in [0.25, 0.3) is 11.0 Å². The number of hydrogen-bond donors (Lipinski definition) is 0. The van der Waals surface area contributed by atoms with Crippen LogP contribution in [0.1, 0.15) is 20.8 Å². The molecule has 0 unspecified atom stereocenters. The summed E-state index contributed by atoms with van der Waals surface area (Å²) in [4.78, 5) is 34.2. The van der Waals surface area contributed by atoms with Crippen LogP contribution in [0.4, 0.5) is 5.69 Å². The fourth-order valence-corrected chi connectivity index (χ4v) is 9.17. The summed E-state index contributed by atoms with van der Waals surface area (Å²) in [7, 11) is 0. The average Bonchev–Trinajstić information content (AvgIpc) is 3.45. The van der Waals surface area contributed by atoms with Crippen LogP contribution < -0.4 is 19.7 Å². The van der Waals surface area contributed by atoms with Crippen LogP contribution in [0.15, 0.2) is 42.7 Å². The Bertz CT molecular complexity index is 1370. The molecular formula is C23H25N3O2S6. The molecule has 5 nitrogen and oxygen atoms in total. The molecule has 0 bridgehead atoms. The van der Waals surface area contributed by atoms with Crippen LogP contribution >= 0.6 is 70.6 Å². The summed E-state index contributed by atoms with van der Waals surface area (Å²) < 4.78 is 3.54. The predicted octanol–water partition coefficient (Wildman–Crippen LogP) is 4.62. The number of nitrogens with zero attached hydrogens (tertiary/aromatic N) is 3. The fourth-order valence-electron chi connectivity index (χ4n) is 3.81. The van der Waals surface area contributed by atoms with Gasteiger partial charge in [-0.05, 0) is 57.6 Å². The van der Waals surface area contributed by atoms with Crippen molar-refractivity contribution in [3.63, 3.8) is 0 Å². The number of anilines is 1. The number of rotatable bonds is 6. The van der Waals surface area contributed by atoms with Crippen LogP contribution in [0.3, 0.4) is 0 Å². The lowest BCUT2D eigenvalue weighted by Gasteiger charge is -2.18. The Labute approximate surface area is 225 Å². The second-order valence-corrected chi connectivity index (χ2v) is 12.7. The highest BCUT2D eigenvalue weighted by Gasteiger charge is 2.33. The fraction of sp³-hybridized carbons (Fsp3) is 0.348. The van der Waals surface area contributed by atoms with E-state index in [2.05, 4.69) is 36.5 Å². The molecule has 0 N–H and O–H groups in total. The summed E-state index contributed by atoms with van der Waals surface area (Å²) in [6.07, 6.45) is 8.13. The second-order valence-electron chi connectivity index (χ2n) is 7.26.